The van der Waals surface area contributed by atoms with E-state index in [0.29, 0.717) is 5.75 Å². The Kier molecular flexibility index (Phi) is 2.03. The van der Waals surface area contributed by atoms with Crippen LogP contribution >= 0.6 is 11.8 Å². The molecule has 0 amide bonds. The number of ether oxygens (including phenoxy) is 1. The third-order valence-electron chi connectivity index (χ3n) is 3.13. The zero-order chi connectivity index (χ0) is 12.9. The van der Waals surface area contributed by atoms with Gasteiger partial charge >= 0.3 is 5.69 Å². The van der Waals surface area contributed by atoms with Gasteiger partial charge in [0.1, 0.15) is 5.60 Å². The van der Waals surface area contributed by atoms with Crippen LogP contribution in [0.2, 0.25) is 0 Å². The molecular weight excluding hydrogens is 244 g/mol. The summed E-state index contributed by atoms with van der Waals surface area (Å²) in [5.74, 6) is 0.553. The second-order valence-electron chi connectivity index (χ2n) is 4.31. The molecule has 2 saturated heterocycles. The molecule has 2 aliphatic rings. The van der Waals surface area contributed by atoms with Crippen molar-refractivity contribution in [2.75, 3.05) is 5.75 Å². The molecule has 3 rings (SSSR count). The van der Waals surface area contributed by atoms with Gasteiger partial charge in [0.2, 0.25) is 0 Å². The first-order chi connectivity index (χ1) is 8.57. The van der Waals surface area contributed by atoms with Crippen molar-refractivity contribution < 1.29 is 11.2 Å². The number of fused-ring (bicyclic) bond motifs is 2. The number of aromatic amines is 1. The van der Waals surface area contributed by atoms with Crippen LogP contribution in [0.3, 0.4) is 0 Å². The highest BCUT2D eigenvalue weighted by Crippen LogP contribution is 2.51. The third-order valence-corrected chi connectivity index (χ3v) is 4.66. The van der Waals surface area contributed by atoms with E-state index in [0.717, 1.165) is 0 Å². The Morgan fingerprint density at radius 1 is 1.76 bits per heavy atom. The van der Waals surface area contributed by atoms with E-state index in [1.807, 2.05) is 0 Å². The van der Waals surface area contributed by atoms with Gasteiger partial charge in [-0.05, 0) is 6.90 Å². The Morgan fingerprint density at radius 2 is 2.59 bits per heavy atom. The maximum absolute atomic E-state index is 11.7. The number of H-pyrrole nitrogens is 1. The normalized spacial score (nSPS) is 40.5. The minimum atomic E-state index is -0.893. The second-order valence-corrected chi connectivity index (χ2v) is 5.48. The Morgan fingerprint density at radius 3 is 3.24 bits per heavy atom. The van der Waals surface area contributed by atoms with Crippen LogP contribution in [0.4, 0.5) is 0 Å². The molecule has 0 radical (unpaired) electrons. The first kappa shape index (κ1) is 9.93. The van der Waals surface area contributed by atoms with E-state index in [1.165, 1.54) is 28.6 Å². The first-order valence-electron chi connectivity index (χ1n) is 5.86. The van der Waals surface area contributed by atoms with E-state index in [-0.39, 0.29) is 12.1 Å². The highest BCUT2D eigenvalue weighted by atomic mass is 32.2. The summed E-state index contributed by atoms with van der Waals surface area (Å²) >= 11 is 1.49. The number of aromatic nitrogens is 2. The molecule has 4 atom stereocenters. The Balaban J connectivity index is 2.01. The quantitative estimate of drug-likeness (QED) is 0.695. The lowest BCUT2D eigenvalue weighted by atomic mass is 10.0. The molecule has 1 aromatic rings. The van der Waals surface area contributed by atoms with Crippen molar-refractivity contribution in [3.8, 4) is 0 Å². The van der Waals surface area contributed by atoms with Crippen molar-refractivity contribution in [3.05, 3.63) is 33.1 Å². The number of hydrogen-bond acceptors (Lipinski definition) is 5. The molecule has 2 aliphatic heterocycles. The van der Waals surface area contributed by atoms with Gasteiger partial charge in [-0.3, -0.25) is 14.3 Å². The van der Waals surface area contributed by atoms with Crippen LogP contribution in [0.15, 0.2) is 21.9 Å². The molecule has 1 aromatic heterocycles. The summed E-state index contributed by atoms with van der Waals surface area (Å²) in [5, 5.41) is 9.82. The minimum absolute atomic E-state index is 0.0493. The van der Waals surface area contributed by atoms with E-state index in [2.05, 4.69) is 4.98 Å². The zero-order valence-corrected chi connectivity index (χ0v) is 9.64. The number of thioether (sulfide) groups is 1. The van der Waals surface area contributed by atoms with Gasteiger partial charge in [-0.1, -0.05) is 0 Å². The van der Waals surface area contributed by atoms with Gasteiger partial charge in [0, 0.05) is 19.4 Å². The van der Waals surface area contributed by atoms with Crippen molar-refractivity contribution in [1.29, 1.82) is 0 Å². The van der Waals surface area contributed by atoms with Crippen LogP contribution in [0, 0.1) is 0 Å². The monoisotopic (exact) mass is 257 g/mol. The van der Waals surface area contributed by atoms with E-state index >= 15 is 0 Å². The molecule has 17 heavy (non-hydrogen) atoms. The molecule has 7 heteroatoms. The Labute approximate surface area is 102 Å². The van der Waals surface area contributed by atoms with Crippen molar-refractivity contribution in [1.82, 2.24) is 9.55 Å². The van der Waals surface area contributed by atoms with E-state index in [4.69, 9.17) is 6.11 Å². The molecule has 2 N–H and O–H groups in total. The molecule has 0 unspecified atom stereocenters. The maximum atomic E-state index is 11.7. The van der Waals surface area contributed by atoms with Gasteiger partial charge in [-0.15, -0.1) is 11.8 Å². The predicted octanol–water partition coefficient (Wildman–Crippen LogP) is -0.700. The minimum Gasteiger partial charge on any atom is -0.389 e. The molecule has 3 heterocycles. The van der Waals surface area contributed by atoms with Gasteiger partial charge in [-0.2, -0.15) is 0 Å². The fourth-order valence-corrected chi connectivity index (χ4v) is 3.70. The molecule has 2 bridgehead atoms. The van der Waals surface area contributed by atoms with Gasteiger partial charge in [0.15, 0.2) is 6.23 Å². The van der Waals surface area contributed by atoms with Crippen LogP contribution in [-0.2, 0) is 4.74 Å². The van der Waals surface area contributed by atoms with Crippen LogP contribution in [0.1, 0.15) is 14.5 Å². The first-order valence-corrected chi connectivity index (χ1v) is 6.20. The lowest BCUT2D eigenvalue weighted by molar-refractivity contribution is -0.0777. The third kappa shape index (κ3) is 1.50. The number of nitrogens with one attached hydrogen (secondary N) is 1. The molecule has 0 aliphatic carbocycles. The van der Waals surface area contributed by atoms with Gasteiger partial charge in [0.05, 0.1) is 11.4 Å². The van der Waals surface area contributed by atoms with Crippen LogP contribution < -0.4 is 11.2 Å². The fraction of sp³-hybridized carbons (Fsp3) is 0.600. The smallest absolute Gasteiger partial charge is 0.330 e. The number of rotatable bonds is 1. The summed E-state index contributed by atoms with van der Waals surface area (Å²) in [7, 11) is 0. The molecule has 0 spiro atoms. The van der Waals surface area contributed by atoms with Crippen LogP contribution in [-0.4, -0.2) is 37.4 Å². The van der Waals surface area contributed by atoms with Crippen molar-refractivity contribution in [2.24, 2.45) is 0 Å². The average Bonchev–Trinajstić information content (AvgIpc) is 2.81. The molecule has 0 aromatic carbocycles. The van der Waals surface area contributed by atoms with Gasteiger partial charge < -0.3 is 9.84 Å². The number of aliphatic hydroxyl groups excluding tert-OH is 1. The molecular formula is C10H12N2O4S. The molecule has 92 valence electrons. The Bertz CT molecular complexity index is 588. The summed E-state index contributed by atoms with van der Waals surface area (Å²) in [4.78, 5) is 24.9. The molecule has 0 saturated carbocycles. The van der Waals surface area contributed by atoms with Gasteiger partial charge in [-0.25, -0.2) is 4.79 Å². The summed E-state index contributed by atoms with van der Waals surface area (Å²) in [5.41, 5.74) is -1.92. The summed E-state index contributed by atoms with van der Waals surface area (Å²) in [6, 6.07) is 1.24. The van der Waals surface area contributed by atoms with E-state index in [1.54, 1.807) is 0 Å². The highest BCUT2D eigenvalue weighted by Gasteiger charge is 2.58. The predicted molar refractivity (Wildman–Crippen MR) is 62.1 cm³/mol. The number of hydrogen-bond donors (Lipinski definition) is 2. The average molecular weight is 257 g/mol. The van der Waals surface area contributed by atoms with Crippen LogP contribution in [0.5, 0.6) is 0 Å². The van der Waals surface area contributed by atoms with Crippen LogP contribution in [0.25, 0.3) is 0 Å². The number of aliphatic hydroxyl groups is 1. The lowest BCUT2D eigenvalue weighted by Crippen LogP contribution is -2.37. The standard InChI is InChI=1S/C10H12N2O4S/c1-10-4-17-6(7(10)14)8(16-10)12-3-2-5(13)11-9(12)15/h2-3,6-8,14H,4H2,1H3,(H,11,13,15)/t6-,7+,8-,10+/m1/s1/i1D. The zero-order valence-electron chi connectivity index (χ0n) is 9.83. The molecule has 6 nitrogen and oxygen atoms in total. The van der Waals surface area contributed by atoms with E-state index in [9.17, 15) is 14.7 Å². The fourth-order valence-electron chi connectivity index (χ4n) is 2.21. The number of nitrogens with zero attached hydrogens (tertiary/aromatic N) is 1. The highest BCUT2D eigenvalue weighted by molar-refractivity contribution is 8.00. The second kappa shape index (κ2) is 3.47. The van der Waals surface area contributed by atoms with Crippen molar-refractivity contribution >= 4 is 11.8 Å². The van der Waals surface area contributed by atoms with E-state index < -0.39 is 29.2 Å². The summed E-state index contributed by atoms with van der Waals surface area (Å²) in [6.45, 7) is -0.0493. The summed E-state index contributed by atoms with van der Waals surface area (Å²) < 4.78 is 14.5. The van der Waals surface area contributed by atoms with Crippen molar-refractivity contribution in [3.63, 3.8) is 0 Å². The van der Waals surface area contributed by atoms with Gasteiger partial charge in [0.25, 0.3) is 5.56 Å². The summed E-state index contributed by atoms with van der Waals surface area (Å²) in [6.07, 6.45) is -0.0328. The molecule has 2 fully saturated rings. The lowest BCUT2D eigenvalue weighted by Gasteiger charge is -2.27. The largest absolute Gasteiger partial charge is 0.389 e. The van der Waals surface area contributed by atoms with Crippen molar-refractivity contribution in [2.45, 2.75) is 30.1 Å². The topological polar surface area (TPSA) is 84.3 Å². The Hall–Kier alpha value is -1.05. The maximum Gasteiger partial charge on any atom is 0.330 e. The SMILES string of the molecule is [2H]C[C@@]12CS[C@@H]([C@H](n3ccc(=O)[nH]c3=O)O1)[C@@H]2O.